The average Bonchev–Trinajstić information content (AvgIpc) is 2.91. The molecule has 0 bridgehead atoms. The summed E-state index contributed by atoms with van der Waals surface area (Å²) in [5.74, 6) is 0. The molecular weight excluding hydrogens is 310 g/mol. The van der Waals surface area contributed by atoms with Gasteiger partial charge >= 0.3 is 0 Å². The van der Waals surface area contributed by atoms with Crippen molar-refractivity contribution in [1.29, 1.82) is 0 Å². The molecule has 0 radical (unpaired) electrons. The minimum Gasteiger partial charge on any atom is -0.386 e. The highest BCUT2D eigenvalue weighted by Gasteiger charge is 2.23. The fourth-order valence-electron chi connectivity index (χ4n) is 2.71. The quantitative estimate of drug-likeness (QED) is 0.801. The van der Waals surface area contributed by atoms with Crippen molar-refractivity contribution >= 4 is 20.9 Å². The van der Waals surface area contributed by atoms with Gasteiger partial charge in [-0.25, -0.2) is 12.4 Å². The lowest BCUT2D eigenvalue weighted by Crippen LogP contribution is -2.16. The number of nitrogens with zero attached hydrogens (tertiary/aromatic N) is 1. The second-order valence-corrected chi connectivity index (χ2v) is 8.04. The molecule has 120 valence electrons. The standard InChI is InChI=1S/C18H19NO3S/c1-13-7-9-14(10-8-13)23(21,22)19-12-11-15-16(18(2,3)20)5-4-6-17(15)19/h4-12,20H,1-3H3. The summed E-state index contributed by atoms with van der Waals surface area (Å²) in [6.45, 7) is 5.29. The highest BCUT2D eigenvalue weighted by atomic mass is 32.2. The lowest BCUT2D eigenvalue weighted by molar-refractivity contribution is 0.0802. The molecule has 0 atom stereocenters. The molecule has 5 heteroatoms. The number of hydrogen-bond donors (Lipinski definition) is 1. The van der Waals surface area contributed by atoms with Crippen molar-refractivity contribution in [2.24, 2.45) is 0 Å². The van der Waals surface area contributed by atoms with E-state index in [-0.39, 0.29) is 4.90 Å². The number of aliphatic hydroxyl groups is 1. The van der Waals surface area contributed by atoms with Gasteiger partial charge in [0.2, 0.25) is 0 Å². The fraction of sp³-hybridized carbons (Fsp3) is 0.222. The lowest BCUT2D eigenvalue weighted by Gasteiger charge is -2.19. The Morgan fingerprint density at radius 2 is 1.65 bits per heavy atom. The maximum Gasteiger partial charge on any atom is 0.268 e. The Hall–Kier alpha value is -2.11. The van der Waals surface area contributed by atoms with Crippen molar-refractivity contribution in [3.8, 4) is 0 Å². The monoisotopic (exact) mass is 329 g/mol. The molecule has 0 spiro atoms. The largest absolute Gasteiger partial charge is 0.386 e. The van der Waals surface area contributed by atoms with Crippen molar-refractivity contribution in [3.63, 3.8) is 0 Å². The zero-order valence-electron chi connectivity index (χ0n) is 13.3. The third-order valence-corrected chi connectivity index (χ3v) is 5.64. The molecule has 1 heterocycles. The van der Waals surface area contributed by atoms with E-state index in [1.165, 1.54) is 10.2 Å². The molecule has 0 saturated carbocycles. The predicted molar refractivity (Wildman–Crippen MR) is 90.9 cm³/mol. The van der Waals surface area contributed by atoms with Crippen molar-refractivity contribution in [2.45, 2.75) is 31.3 Å². The minimum absolute atomic E-state index is 0.245. The van der Waals surface area contributed by atoms with E-state index in [1.54, 1.807) is 56.3 Å². The molecule has 3 rings (SSSR count). The molecule has 23 heavy (non-hydrogen) atoms. The van der Waals surface area contributed by atoms with Crippen molar-refractivity contribution in [3.05, 3.63) is 65.9 Å². The summed E-state index contributed by atoms with van der Waals surface area (Å²) in [5.41, 5.74) is 1.22. The first-order valence-corrected chi connectivity index (χ1v) is 8.80. The molecule has 2 aromatic carbocycles. The van der Waals surface area contributed by atoms with Crippen molar-refractivity contribution in [2.75, 3.05) is 0 Å². The molecule has 0 fully saturated rings. The summed E-state index contributed by atoms with van der Waals surface area (Å²) >= 11 is 0. The molecule has 1 aromatic heterocycles. The third-order valence-electron chi connectivity index (χ3n) is 3.93. The van der Waals surface area contributed by atoms with E-state index in [0.717, 1.165) is 10.9 Å². The van der Waals surface area contributed by atoms with E-state index < -0.39 is 15.6 Å². The van der Waals surface area contributed by atoms with E-state index in [1.807, 2.05) is 13.0 Å². The van der Waals surface area contributed by atoms with Crippen LogP contribution in [0, 0.1) is 6.92 Å². The Kier molecular flexibility index (Phi) is 3.58. The van der Waals surface area contributed by atoms with E-state index in [2.05, 4.69) is 0 Å². The molecule has 0 aliphatic rings. The first-order valence-electron chi connectivity index (χ1n) is 7.36. The average molecular weight is 329 g/mol. The summed E-state index contributed by atoms with van der Waals surface area (Å²) in [5, 5.41) is 11.0. The topological polar surface area (TPSA) is 59.3 Å². The van der Waals surface area contributed by atoms with Gasteiger partial charge in [0, 0.05) is 11.6 Å². The van der Waals surface area contributed by atoms with E-state index in [9.17, 15) is 13.5 Å². The molecule has 0 aliphatic heterocycles. The Balaban J connectivity index is 2.23. The van der Waals surface area contributed by atoms with Gasteiger partial charge in [-0.05, 0) is 50.6 Å². The summed E-state index contributed by atoms with van der Waals surface area (Å²) in [4.78, 5) is 0.245. The first kappa shape index (κ1) is 15.8. The van der Waals surface area contributed by atoms with Crippen LogP contribution in [0.1, 0.15) is 25.0 Å². The van der Waals surface area contributed by atoms with Crippen LogP contribution in [-0.2, 0) is 15.6 Å². The van der Waals surface area contributed by atoms with Crippen LogP contribution >= 0.6 is 0 Å². The second kappa shape index (κ2) is 5.22. The minimum atomic E-state index is -3.67. The lowest BCUT2D eigenvalue weighted by atomic mass is 9.95. The predicted octanol–water partition coefficient (Wildman–Crippen LogP) is 3.41. The SMILES string of the molecule is Cc1ccc(S(=O)(=O)n2ccc3c(C(C)(C)O)cccc32)cc1. The van der Waals surface area contributed by atoms with Gasteiger partial charge in [0.05, 0.1) is 16.0 Å². The Labute approximate surface area is 136 Å². The van der Waals surface area contributed by atoms with Gasteiger partial charge in [-0.3, -0.25) is 0 Å². The number of fused-ring (bicyclic) bond motifs is 1. The summed E-state index contributed by atoms with van der Waals surface area (Å²) in [6, 6.07) is 13.8. The molecule has 0 saturated heterocycles. The van der Waals surface area contributed by atoms with Crippen LogP contribution in [0.3, 0.4) is 0 Å². The summed E-state index contributed by atoms with van der Waals surface area (Å²) in [6.07, 6.45) is 1.54. The van der Waals surface area contributed by atoms with Gasteiger partial charge < -0.3 is 5.11 Å². The van der Waals surface area contributed by atoms with Crippen LogP contribution in [0.5, 0.6) is 0 Å². The van der Waals surface area contributed by atoms with Gasteiger partial charge in [0.15, 0.2) is 0 Å². The number of rotatable bonds is 3. The maximum atomic E-state index is 12.9. The van der Waals surface area contributed by atoms with Crippen LogP contribution in [-0.4, -0.2) is 17.5 Å². The molecule has 1 N–H and O–H groups in total. The van der Waals surface area contributed by atoms with Gasteiger partial charge in [-0.15, -0.1) is 0 Å². The smallest absolute Gasteiger partial charge is 0.268 e. The van der Waals surface area contributed by atoms with Gasteiger partial charge in [-0.2, -0.15) is 0 Å². The zero-order chi connectivity index (χ0) is 16.8. The van der Waals surface area contributed by atoms with Gasteiger partial charge in [0.1, 0.15) is 0 Å². The van der Waals surface area contributed by atoms with Gasteiger partial charge in [-0.1, -0.05) is 29.8 Å². The summed E-state index contributed by atoms with van der Waals surface area (Å²) in [7, 11) is -3.67. The summed E-state index contributed by atoms with van der Waals surface area (Å²) < 4.78 is 27.0. The number of aromatic nitrogens is 1. The van der Waals surface area contributed by atoms with Crippen molar-refractivity contribution in [1.82, 2.24) is 3.97 Å². The Bertz CT molecular complexity index is 962. The highest BCUT2D eigenvalue weighted by molar-refractivity contribution is 7.90. The molecule has 4 nitrogen and oxygen atoms in total. The molecular formula is C18H19NO3S. The first-order chi connectivity index (χ1) is 10.7. The van der Waals surface area contributed by atoms with E-state index >= 15 is 0 Å². The number of hydrogen-bond acceptors (Lipinski definition) is 3. The number of aryl methyl sites for hydroxylation is 1. The Morgan fingerprint density at radius 1 is 1.00 bits per heavy atom. The van der Waals surface area contributed by atoms with Crippen molar-refractivity contribution < 1.29 is 13.5 Å². The third kappa shape index (κ3) is 2.66. The van der Waals surface area contributed by atoms with Crippen LogP contribution in [0.15, 0.2) is 59.6 Å². The maximum absolute atomic E-state index is 12.9. The van der Waals surface area contributed by atoms with E-state index in [4.69, 9.17) is 0 Å². The molecule has 0 aliphatic carbocycles. The fourth-order valence-corrected chi connectivity index (χ4v) is 4.06. The van der Waals surface area contributed by atoms with Crippen LogP contribution in [0.4, 0.5) is 0 Å². The number of benzene rings is 2. The van der Waals surface area contributed by atoms with Crippen LogP contribution in [0.2, 0.25) is 0 Å². The molecule has 0 amide bonds. The van der Waals surface area contributed by atoms with Gasteiger partial charge in [0.25, 0.3) is 10.0 Å². The van der Waals surface area contributed by atoms with Crippen LogP contribution < -0.4 is 0 Å². The highest BCUT2D eigenvalue weighted by Crippen LogP contribution is 2.30. The normalized spacial score (nSPS) is 12.7. The van der Waals surface area contributed by atoms with Crippen LogP contribution in [0.25, 0.3) is 10.9 Å². The molecule has 0 unspecified atom stereocenters. The Morgan fingerprint density at radius 3 is 2.26 bits per heavy atom. The van der Waals surface area contributed by atoms with E-state index in [0.29, 0.717) is 11.1 Å². The zero-order valence-corrected chi connectivity index (χ0v) is 14.1. The molecule has 3 aromatic rings. The second-order valence-electron chi connectivity index (χ2n) is 6.23.